The predicted molar refractivity (Wildman–Crippen MR) is 59.0 cm³/mol. The van der Waals surface area contributed by atoms with Gasteiger partial charge in [-0.1, -0.05) is 0 Å². The van der Waals surface area contributed by atoms with Gasteiger partial charge in [0.2, 0.25) is 5.91 Å². The number of methoxy groups -OCH3 is 2. The Morgan fingerprint density at radius 1 is 1.38 bits per heavy atom. The molecule has 0 aromatic heterocycles. The van der Waals surface area contributed by atoms with Crippen molar-refractivity contribution in [1.82, 2.24) is 10.2 Å². The number of ether oxygens (including phenoxy) is 2. The van der Waals surface area contributed by atoms with Gasteiger partial charge in [-0.25, -0.2) is 0 Å². The van der Waals surface area contributed by atoms with Crippen LogP contribution in [0, 0.1) is 0 Å². The minimum Gasteiger partial charge on any atom is -0.383 e. The van der Waals surface area contributed by atoms with Crippen LogP contribution in [-0.2, 0) is 19.1 Å². The minimum atomic E-state index is -0.531. The zero-order valence-corrected chi connectivity index (χ0v) is 10.3. The van der Waals surface area contributed by atoms with Crippen LogP contribution in [0.4, 0.5) is 0 Å². The van der Waals surface area contributed by atoms with Crippen molar-refractivity contribution >= 4 is 11.8 Å². The molecule has 0 fully saturated rings. The molecule has 0 aromatic rings. The lowest BCUT2D eigenvalue weighted by Gasteiger charge is -2.19. The van der Waals surface area contributed by atoms with E-state index in [4.69, 9.17) is 9.47 Å². The number of nitrogens with one attached hydrogen (secondary N) is 1. The summed E-state index contributed by atoms with van der Waals surface area (Å²) in [7, 11) is 4.57. The van der Waals surface area contributed by atoms with Gasteiger partial charge in [-0.2, -0.15) is 0 Å². The van der Waals surface area contributed by atoms with Crippen LogP contribution in [-0.4, -0.2) is 63.8 Å². The van der Waals surface area contributed by atoms with Gasteiger partial charge < -0.3 is 19.7 Å². The summed E-state index contributed by atoms with van der Waals surface area (Å²) in [4.78, 5) is 24.2. The number of likely N-dealkylation sites (N-methyl/N-ethyl adjacent to an activating group) is 1. The van der Waals surface area contributed by atoms with Crippen LogP contribution in [0.3, 0.4) is 0 Å². The largest absolute Gasteiger partial charge is 0.383 e. The molecule has 0 aromatic carbocycles. The lowest BCUT2D eigenvalue weighted by Crippen LogP contribution is -2.43. The van der Waals surface area contributed by atoms with E-state index in [9.17, 15) is 9.59 Å². The molecule has 16 heavy (non-hydrogen) atoms. The topological polar surface area (TPSA) is 67.9 Å². The van der Waals surface area contributed by atoms with Crippen molar-refractivity contribution in [1.29, 1.82) is 0 Å². The van der Waals surface area contributed by atoms with Crippen molar-refractivity contribution in [3.63, 3.8) is 0 Å². The van der Waals surface area contributed by atoms with Gasteiger partial charge in [0.15, 0.2) is 0 Å². The minimum absolute atomic E-state index is 0.0241. The Labute approximate surface area is 95.9 Å². The number of nitrogens with zero attached hydrogens (tertiary/aromatic N) is 1. The zero-order chi connectivity index (χ0) is 12.6. The molecule has 0 spiro atoms. The molecule has 6 nitrogen and oxygen atoms in total. The Morgan fingerprint density at radius 2 is 2.00 bits per heavy atom. The quantitative estimate of drug-likeness (QED) is 0.586. The SMILES string of the molecule is COCCNC(=O)CN(C)C(=O)C(C)OC. The number of amides is 2. The summed E-state index contributed by atoms with van der Waals surface area (Å²) in [5.74, 6) is -0.430. The van der Waals surface area contributed by atoms with E-state index < -0.39 is 6.10 Å². The second-order valence-electron chi connectivity index (χ2n) is 3.41. The van der Waals surface area contributed by atoms with Gasteiger partial charge in [0.25, 0.3) is 5.91 Å². The first-order valence-electron chi connectivity index (χ1n) is 5.06. The van der Waals surface area contributed by atoms with Gasteiger partial charge in [0.05, 0.1) is 13.2 Å². The molecule has 1 N–H and O–H groups in total. The third-order valence-electron chi connectivity index (χ3n) is 2.09. The number of hydrogen-bond acceptors (Lipinski definition) is 4. The third-order valence-corrected chi connectivity index (χ3v) is 2.09. The summed E-state index contributed by atoms with van der Waals surface area (Å²) in [5, 5.41) is 2.63. The van der Waals surface area contributed by atoms with Gasteiger partial charge in [0, 0.05) is 27.8 Å². The van der Waals surface area contributed by atoms with Gasteiger partial charge in [-0.3, -0.25) is 9.59 Å². The van der Waals surface area contributed by atoms with Crippen LogP contribution in [0.2, 0.25) is 0 Å². The molecule has 0 radical (unpaired) electrons. The highest BCUT2D eigenvalue weighted by Crippen LogP contribution is 1.94. The molecule has 0 aliphatic carbocycles. The van der Waals surface area contributed by atoms with Gasteiger partial charge in [0.1, 0.15) is 6.10 Å². The number of hydrogen-bond donors (Lipinski definition) is 1. The molecule has 0 rings (SSSR count). The smallest absolute Gasteiger partial charge is 0.251 e. The maximum Gasteiger partial charge on any atom is 0.251 e. The van der Waals surface area contributed by atoms with E-state index in [1.807, 2.05) is 0 Å². The average molecular weight is 232 g/mol. The van der Waals surface area contributed by atoms with Crippen molar-refractivity contribution in [2.45, 2.75) is 13.0 Å². The first-order valence-corrected chi connectivity index (χ1v) is 5.06. The third kappa shape index (κ3) is 5.67. The summed E-state index contributed by atoms with van der Waals surface area (Å²) >= 11 is 0. The van der Waals surface area contributed by atoms with E-state index in [-0.39, 0.29) is 18.4 Å². The van der Waals surface area contributed by atoms with E-state index in [0.717, 1.165) is 0 Å². The Balaban J connectivity index is 3.89. The standard InChI is InChI=1S/C10H20N2O4/c1-8(16-4)10(14)12(2)7-9(13)11-5-6-15-3/h8H,5-7H2,1-4H3,(H,11,13). The Morgan fingerprint density at radius 3 is 2.50 bits per heavy atom. The summed E-state index contributed by atoms with van der Waals surface area (Å²) in [6.07, 6.45) is -0.531. The highest BCUT2D eigenvalue weighted by molar-refractivity contribution is 5.86. The van der Waals surface area contributed by atoms with E-state index in [1.165, 1.54) is 12.0 Å². The maximum absolute atomic E-state index is 11.5. The molecule has 1 atom stereocenters. The molecule has 0 saturated carbocycles. The molecule has 0 heterocycles. The molecule has 2 amide bonds. The van der Waals surface area contributed by atoms with E-state index in [2.05, 4.69) is 5.32 Å². The van der Waals surface area contributed by atoms with Crippen molar-refractivity contribution in [3.8, 4) is 0 Å². The number of rotatable bonds is 7. The number of carbonyl (C=O) groups excluding carboxylic acids is 2. The summed E-state index contributed by atoms with van der Waals surface area (Å²) in [6.45, 7) is 2.56. The molecular formula is C10H20N2O4. The zero-order valence-electron chi connectivity index (χ0n) is 10.3. The Hall–Kier alpha value is -1.14. The first-order chi connectivity index (χ1) is 7.52. The van der Waals surface area contributed by atoms with Crippen molar-refractivity contribution < 1.29 is 19.1 Å². The predicted octanol–water partition coefficient (Wildman–Crippen LogP) is -0.758. The lowest BCUT2D eigenvalue weighted by atomic mass is 10.3. The molecule has 6 heteroatoms. The Bertz CT molecular complexity index is 233. The molecule has 94 valence electrons. The van der Waals surface area contributed by atoms with Crippen LogP contribution >= 0.6 is 0 Å². The fraction of sp³-hybridized carbons (Fsp3) is 0.800. The molecule has 1 unspecified atom stereocenters. The number of carbonyl (C=O) groups is 2. The Kier molecular flexibility index (Phi) is 7.49. The van der Waals surface area contributed by atoms with Crippen LogP contribution in [0.5, 0.6) is 0 Å². The molecular weight excluding hydrogens is 212 g/mol. The van der Waals surface area contributed by atoms with E-state index in [1.54, 1.807) is 21.1 Å². The van der Waals surface area contributed by atoms with Crippen LogP contribution in [0.25, 0.3) is 0 Å². The summed E-state index contributed by atoms with van der Waals surface area (Å²) < 4.78 is 9.66. The van der Waals surface area contributed by atoms with Crippen molar-refractivity contribution in [2.75, 3.05) is 41.0 Å². The van der Waals surface area contributed by atoms with Crippen molar-refractivity contribution in [2.24, 2.45) is 0 Å². The summed E-state index contributed by atoms with van der Waals surface area (Å²) in [6, 6.07) is 0. The average Bonchev–Trinajstić information content (AvgIpc) is 2.27. The van der Waals surface area contributed by atoms with Crippen molar-refractivity contribution in [3.05, 3.63) is 0 Å². The van der Waals surface area contributed by atoms with Gasteiger partial charge >= 0.3 is 0 Å². The monoisotopic (exact) mass is 232 g/mol. The van der Waals surface area contributed by atoms with Crippen LogP contribution < -0.4 is 5.32 Å². The van der Waals surface area contributed by atoms with Crippen LogP contribution in [0.15, 0.2) is 0 Å². The fourth-order valence-electron chi connectivity index (χ4n) is 1.05. The molecule has 0 bridgehead atoms. The molecule has 0 saturated heterocycles. The second kappa shape index (κ2) is 8.06. The van der Waals surface area contributed by atoms with E-state index in [0.29, 0.717) is 13.2 Å². The van der Waals surface area contributed by atoms with Gasteiger partial charge in [-0.05, 0) is 6.92 Å². The second-order valence-corrected chi connectivity index (χ2v) is 3.41. The van der Waals surface area contributed by atoms with E-state index >= 15 is 0 Å². The first kappa shape index (κ1) is 14.9. The maximum atomic E-state index is 11.5. The highest BCUT2D eigenvalue weighted by Gasteiger charge is 2.18. The van der Waals surface area contributed by atoms with Crippen LogP contribution in [0.1, 0.15) is 6.92 Å². The highest BCUT2D eigenvalue weighted by atomic mass is 16.5. The molecule has 0 aliphatic rings. The lowest BCUT2D eigenvalue weighted by molar-refractivity contribution is -0.142. The van der Waals surface area contributed by atoms with Gasteiger partial charge in [-0.15, -0.1) is 0 Å². The normalized spacial score (nSPS) is 12.0. The fourth-order valence-corrected chi connectivity index (χ4v) is 1.05. The summed E-state index contributed by atoms with van der Waals surface area (Å²) in [5.41, 5.74) is 0. The molecule has 0 aliphatic heterocycles.